The van der Waals surface area contributed by atoms with E-state index in [0.717, 1.165) is 12.0 Å². The van der Waals surface area contributed by atoms with Gasteiger partial charge < -0.3 is 10.6 Å². The maximum atomic E-state index is 11.7. The van der Waals surface area contributed by atoms with Crippen molar-refractivity contribution in [2.24, 2.45) is 0 Å². The second kappa shape index (κ2) is 7.26. The molecule has 0 heterocycles. The maximum Gasteiger partial charge on any atom is 0.319 e. The Kier molecular flexibility index (Phi) is 5.36. The number of carbonyl (C=O) groups is 1. The quantitative estimate of drug-likeness (QED) is 0.732. The number of rotatable bonds is 5. The molecule has 0 aliphatic heterocycles. The molecule has 2 aromatic carbocycles. The molecule has 0 saturated carbocycles. The van der Waals surface area contributed by atoms with E-state index in [-0.39, 0.29) is 10.9 Å². The lowest BCUT2D eigenvalue weighted by molar-refractivity contribution is 0.252. The fraction of sp³-hybridized carbons (Fsp3) is 0.188. The van der Waals surface area contributed by atoms with E-state index in [0.29, 0.717) is 12.2 Å². The van der Waals surface area contributed by atoms with Crippen LogP contribution in [0.2, 0.25) is 0 Å². The minimum absolute atomic E-state index is 0.220. The highest BCUT2D eigenvalue weighted by Gasteiger charge is 2.09. The van der Waals surface area contributed by atoms with Crippen molar-refractivity contribution >= 4 is 21.8 Å². The van der Waals surface area contributed by atoms with Gasteiger partial charge in [0.05, 0.1) is 4.90 Å². The Bertz CT molecular complexity index is 769. The summed E-state index contributed by atoms with van der Waals surface area (Å²) in [7, 11) is -4.22. The van der Waals surface area contributed by atoms with Crippen LogP contribution < -0.4 is 10.6 Å². The van der Waals surface area contributed by atoms with Crippen LogP contribution in [0.15, 0.2) is 53.4 Å². The molecule has 0 atom stereocenters. The van der Waals surface area contributed by atoms with Gasteiger partial charge in [0.15, 0.2) is 0 Å². The first-order valence-electron chi connectivity index (χ1n) is 7.02. The molecule has 6 nitrogen and oxygen atoms in total. The molecule has 0 radical (unpaired) electrons. The molecule has 0 aliphatic rings. The highest BCUT2D eigenvalue weighted by atomic mass is 32.2. The first-order chi connectivity index (χ1) is 10.8. The Labute approximate surface area is 135 Å². The normalized spacial score (nSPS) is 11.0. The molecule has 0 aromatic heterocycles. The summed E-state index contributed by atoms with van der Waals surface area (Å²) < 4.78 is 30.7. The zero-order chi connectivity index (χ0) is 16.9. The number of anilines is 1. The third-order valence-corrected chi connectivity index (χ3v) is 4.10. The highest BCUT2D eigenvalue weighted by Crippen LogP contribution is 2.13. The number of aryl methyl sites for hydroxylation is 1. The van der Waals surface area contributed by atoms with Crippen molar-refractivity contribution in [3.8, 4) is 0 Å². The second-order valence-electron chi connectivity index (χ2n) is 5.12. The summed E-state index contributed by atoms with van der Waals surface area (Å²) in [6.45, 7) is 2.50. The first kappa shape index (κ1) is 17.0. The summed E-state index contributed by atoms with van der Waals surface area (Å²) in [5, 5.41) is 5.31. The average molecular weight is 334 g/mol. The monoisotopic (exact) mass is 334 g/mol. The molecule has 0 spiro atoms. The van der Waals surface area contributed by atoms with Crippen LogP contribution in [-0.2, 0) is 16.5 Å². The molecule has 2 aromatic rings. The average Bonchev–Trinajstić information content (AvgIpc) is 2.49. The Balaban J connectivity index is 1.81. The number of benzene rings is 2. The SMILES string of the molecule is Cc1ccc(CCNC(=O)Nc2ccc(S(=O)(=O)O)cc2)cc1. The zero-order valence-corrected chi connectivity index (χ0v) is 13.4. The number of carbonyl (C=O) groups excluding carboxylic acids is 1. The zero-order valence-electron chi connectivity index (χ0n) is 12.6. The molecule has 0 aliphatic carbocycles. The van der Waals surface area contributed by atoms with E-state index in [9.17, 15) is 13.2 Å². The van der Waals surface area contributed by atoms with E-state index in [2.05, 4.69) is 10.6 Å². The Morgan fingerprint density at radius 1 is 1.04 bits per heavy atom. The summed E-state index contributed by atoms with van der Waals surface area (Å²) in [4.78, 5) is 11.5. The summed E-state index contributed by atoms with van der Waals surface area (Å²) in [5.41, 5.74) is 2.76. The number of hydrogen-bond acceptors (Lipinski definition) is 3. The van der Waals surface area contributed by atoms with Gasteiger partial charge in [0.2, 0.25) is 0 Å². The summed E-state index contributed by atoms with van der Waals surface area (Å²) in [6.07, 6.45) is 0.718. The molecule has 0 bridgehead atoms. The van der Waals surface area contributed by atoms with Crippen molar-refractivity contribution in [3.05, 3.63) is 59.7 Å². The fourth-order valence-electron chi connectivity index (χ4n) is 1.96. The number of nitrogens with one attached hydrogen (secondary N) is 2. The second-order valence-corrected chi connectivity index (χ2v) is 6.54. The lowest BCUT2D eigenvalue weighted by atomic mass is 10.1. The van der Waals surface area contributed by atoms with E-state index in [1.54, 1.807) is 0 Å². The molecule has 122 valence electrons. The maximum absolute atomic E-state index is 11.7. The van der Waals surface area contributed by atoms with Gasteiger partial charge >= 0.3 is 6.03 Å². The Hall–Kier alpha value is -2.38. The Morgan fingerprint density at radius 2 is 1.65 bits per heavy atom. The molecule has 2 amide bonds. The van der Waals surface area contributed by atoms with Crippen LogP contribution in [-0.4, -0.2) is 25.5 Å². The van der Waals surface area contributed by atoms with Crippen LogP contribution in [0.1, 0.15) is 11.1 Å². The van der Waals surface area contributed by atoms with E-state index in [1.165, 1.54) is 29.8 Å². The van der Waals surface area contributed by atoms with Crippen LogP contribution >= 0.6 is 0 Å². The van der Waals surface area contributed by atoms with Gasteiger partial charge in [0, 0.05) is 12.2 Å². The third kappa shape index (κ3) is 5.39. The van der Waals surface area contributed by atoms with Crippen LogP contribution in [0.5, 0.6) is 0 Å². The molecule has 7 heteroatoms. The van der Waals surface area contributed by atoms with Crippen molar-refractivity contribution in [3.63, 3.8) is 0 Å². The van der Waals surface area contributed by atoms with Gasteiger partial charge in [0.25, 0.3) is 10.1 Å². The predicted octanol–water partition coefficient (Wildman–Crippen LogP) is 2.61. The van der Waals surface area contributed by atoms with Gasteiger partial charge in [-0.1, -0.05) is 29.8 Å². The summed E-state index contributed by atoms with van der Waals surface area (Å²) >= 11 is 0. The fourth-order valence-corrected chi connectivity index (χ4v) is 2.44. The van der Waals surface area contributed by atoms with Crippen molar-refractivity contribution < 1.29 is 17.8 Å². The van der Waals surface area contributed by atoms with E-state index in [4.69, 9.17) is 4.55 Å². The van der Waals surface area contributed by atoms with Crippen LogP contribution in [0.3, 0.4) is 0 Å². The number of hydrogen-bond donors (Lipinski definition) is 3. The minimum Gasteiger partial charge on any atom is -0.338 e. The van der Waals surface area contributed by atoms with Gasteiger partial charge in [-0.3, -0.25) is 4.55 Å². The lowest BCUT2D eigenvalue weighted by Gasteiger charge is -2.08. The van der Waals surface area contributed by atoms with E-state index < -0.39 is 10.1 Å². The van der Waals surface area contributed by atoms with Gasteiger partial charge in [0.1, 0.15) is 0 Å². The number of urea groups is 1. The van der Waals surface area contributed by atoms with Gasteiger partial charge in [-0.25, -0.2) is 4.79 Å². The topological polar surface area (TPSA) is 95.5 Å². The molecule has 23 heavy (non-hydrogen) atoms. The molecular weight excluding hydrogens is 316 g/mol. The number of amides is 2. The lowest BCUT2D eigenvalue weighted by Crippen LogP contribution is -2.30. The van der Waals surface area contributed by atoms with Crippen LogP contribution in [0.25, 0.3) is 0 Å². The highest BCUT2D eigenvalue weighted by molar-refractivity contribution is 7.85. The summed E-state index contributed by atoms with van der Waals surface area (Å²) in [6, 6.07) is 12.9. The molecular formula is C16H18N2O4S. The van der Waals surface area contributed by atoms with E-state index >= 15 is 0 Å². The molecule has 0 saturated heterocycles. The Morgan fingerprint density at radius 3 is 2.22 bits per heavy atom. The first-order valence-corrected chi connectivity index (χ1v) is 8.46. The van der Waals surface area contributed by atoms with Gasteiger partial charge in [-0.15, -0.1) is 0 Å². The third-order valence-electron chi connectivity index (χ3n) is 3.23. The van der Waals surface area contributed by atoms with Crippen molar-refractivity contribution in [1.82, 2.24) is 5.32 Å². The van der Waals surface area contributed by atoms with Crippen molar-refractivity contribution in [2.75, 3.05) is 11.9 Å². The van der Waals surface area contributed by atoms with E-state index in [1.807, 2.05) is 31.2 Å². The summed E-state index contributed by atoms with van der Waals surface area (Å²) in [5.74, 6) is 0. The molecule has 0 fully saturated rings. The molecule has 0 unspecified atom stereocenters. The largest absolute Gasteiger partial charge is 0.338 e. The smallest absolute Gasteiger partial charge is 0.319 e. The van der Waals surface area contributed by atoms with Crippen LogP contribution in [0, 0.1) is 6.92 Å². The van der Waals surface area contributed by atoms with Crippen molar-refractivity contribution in [2.45, 2.75) is 18.2 Å². The minimum atomic E-state index is -4.22. The van der Waals surface area contributed by atoms with Gasteiger partial charge in [-0.05, 0) is 43.2 Å². The molecule has 3 N–H and O–H groups in total. The van der Waals surface area contributed by atoms with Crippen molar-refractivity contribution in [1.29, 1.82) is 0 Å². The molecule has 2 rings (SSSR count). The van der Waals surface area contributed by atoms with Crippen LogP contribution in [0.4, 0.5) is 10.5 Å². The predicted molar refractivity (Wildman–Crippen MR) is 88.2 cm³/mol. The van der Waals surface area contributed by atoms with Gasteiger partial charge in [-0.2, -0.15) is 8.42 Å². The standard InChI is InChI=1S/C16H18N2O4S/c1-12-2-4-13(5-3-12)10-11-17-16(19)18-14-6-8-15(9-7-14)23(20,21)22/h2-9H,10-11H2,1H3,(H2,17,18,19)(H,20,21,22).